The predicted molar refractivity (Wildman–Crippen MR) is 201 cm³/mol. The third kappa shape index (κ3) is 3.98. The minimum Gasteiger partial charge on any atom is -0.309 e. The maximum Gasteiger partial charge on any atom is 0.0701 e. The van der Waals surface area contributed by atoms with E-state index in [1.807, 2.05) is 18.3 Å². The molecule has 0 amide bonds. The highest BCUT2D eigenvalue weighted by Crippen LogP contribution is 2.43. The first-order valence-corrected chi connectivity index (χ1v) is 16.4. The molecular formula is C45H29N3. The van der Waals surface area contributed by atoms with Crippen LogP contribution in [-0.2, 0) is 0 Å². The summed E-state index contributed by atoms with van der Waals surface area (Å²) in [5.41, 5.74) is 11.6. The standard InChI is InChI=1S/C45H29N3/c1-2-10-30(11-3-1)31-17-23-34(24-18-31)47-41-15-6-4-12-36(41)38-27-21-33-22-28-39-37-13-5-7-16-42(37)48(45(39)43(33)44(38)47)35-25-19-32(20-26-35)40-14-8-9-29-46-40/h1-29H. The molecule has 3 heteroatoms. The number of aromatic nitrogens is 3. The van der Waals surface area contributed by atoms with Crippen LogP contribution in [0.3, 0.4) is 0 Å². The molecule has 7 aromatic carbocycles. The Bertz CT molecular complexity index is 2600. The van der Waals surface area contributed by atoms with E-state index in [0.717, 1.165) is 22.6 Å². The van der Waals surface area contributed by atoms with Gasteiger partial charge in [-0.2, -0.15) is 0 Å². The number of benzene rings is 7. The van der Waals surface area contributed by atoms with Crippen molar-refractivity contribution in [3.8, 4) is 33.8 Å². The van der Waals surface area contributed by atoms with Crippen LogP contribution in [-0.4, -0.2) is 14.1 Å². The van der Waals surface area contributed by atoms with Gasteiger partial charge in [-0.15, -0.1) is 0 Å². The van der Waals surface area contributed by atoms with Gasteiger partial charge in [0.05, 0.1) is 27.8 Å². The Kier molecular flexibility index (Phi) is 5.87. The molecule has 0 saturated carbocycles. The number of pyridine rings is 1. The summed E-state index contributed by atoms with van der Waals surface area (Å²) < 4.78 is 4.92. The summed E-state index contributed by atoms with van der Waals surface area (Å²) in [5.74, 6) is 0. The molecule has 0 saturated heterocycles. The first kappa shape index (κ1) is 26.7. The van der Waals surface area contributed by atoms with Crippen molar-refractivity contribution in [2.45, 2.75) is 0 Å². The van der Waals surface area contributed by atoms with Crippen molar-refractivity contribution >= 4 is 54.4 Å². The highest BCUT2D eigenvalue weighted by Gasteiger charge is 2.21. The maximum absolute atomic E-state index is 4.59. The molecule has 0 aliphatic heterocycles. The highest BCUT2D eigenvalue weighted by atomic mass is 15.0. The second-order valence-electron chi connectivity index (χ2n) is 12.4. The molecule has 224 valence electrons. The molecule has 0 radical (unpaired) electrons. The Labute approximate surface area is 277 Å². The van der Waals surface area contributed by atoms with Gasteiger partial charge in [-0.05, 0) is 65.0 Å². The minimum absolute atomic E-state index is 0.973. The second kappa shape index (κ2) is 10.5. The van der Waals surface area contributed by atoms with E-state index in [4.69, 9.17) is 0 Å². The molecule has 3 nitrogen and oxygen atoms in total. The van der Waals surface area contributed by atoms with Gasteiger partial charge in [-0.1, -0.05) is 121 Å². The third-order valence-electron chi connectivity index (χ3n) is 9.77. The van der Waals surface area contributed by atoms with Gasteiger partial charge in [-0.25, -0.2) is 0 Å². The van der Waals surface area contributed by atoms with Crippen LogP contribution in [0.2, 0.25) is 0 Å². The Hall–Kier alpha value is -6.45. The van der Waals surface area contributed by atoms with Crippen molar-refractivity contribution in [2.24, 2.45) is 0 Å². The van der Waals surface area contributed by atoms with Crippen molar-refractivity contribution in [3.63, 3.8) is 0 Å². The van der Waals surface area contributed by atoms with Crippen LogP contribution in [0.15, 0.2) is 176 Å². The summed E-state index contributed by atoms with van der Waals surface area (Å²) in [5, 5.41) is 7.46. The van der Waals surface area contributed by atoms with Crippen molar-refractivity contribution in [3.05, 3.63) is 176 Å². The molecule has 0 atom stereocenters. The molecule has 0 N–H and O–H groups in total. The molecule has 10 aromatic rings. The summed E-state index contributed by atoms with van der Waals surface area (Å²) >= 11 is 0. The fourth-order valence-electron chi connectivity index (χ4n) is 7.60. The van der Waals surface area contributed by atoms with Crippen LogP contribution in [0, 0.1) is 0 Å². The van der Waals surface area contributed by atoms with Gasteiger partial charge in [0.25, 0.3) is 0 Å². The zero-order valence-corrected chi connectivity index (χ0v) is 26.1. The lowest BCUT2D eigenvalue weighted by molar-refractivity contribution is 1.17. The third-order valence-corrected chi connectivity index (χ3v) is 9.77. The average Bonchev–Trinajstić information content (AvgIpc) is 3.69. The summed E-state index contributed by atoms with van der Waals surface area (Å²) in [7, 11) is 0. The first-order valence-electron chi connectivity index (χ1n) is 16.4. The molecule has 0 spiro atoms. The number of para-hydroxylation sites is 2. The quantitative estimate of drug-likeness (QED) is 0.194. The Morgan fingerprint density at radius 2 is 0.854 bits per heavy atom. The van der Waals surface area contributed by atoms with Gasteiger partial charge in [0.1, 0.15) is 0 Å². The van der Waals surface area contributed by atoms with Gasteiger partial charge in [0.15, 0.2) is 0 Å². The fourth-order valence-corrected chi connectivity index (χ4v) is 7.60. The number of fused-ring (bicyclic) bond motifs is 9. The Morgan fingerprint density at radius 3 is 1.42 bits per heavy atom. The van der Waals surface area contributed by atoms with E-state index in [-0.39, 0.29) is 0 Å². The van der Waals surface area contributed by atoms with Crippen LogP contribution >= 0.6 is 0 Å². The van der Waals surface area contributed by atoms with E-state index in [1.54, 1.807) is 0 Å². The minimum atomic E-state index is 0.973. The normalized spacial score (nSPS) is 11.8. The van der Waals surface area contributed by atoms with E-state index in [9.17, 15) is 0 Å². The predicted octanol–water partition coefficient (Wildman–Crippen LogP) is 11.8. The molecule has 0 bridgehead atoms. The largest absolute Gasteiger partial charge is 0.309 e. The second-order valence-corrected chi connectivity index (χ2v) is 12.4. The lowest BCUT2D eigenvalue weighted by Gasteiger charge is -2.14. The lowest BCUT2D eigenvalue weighted by atomic mass is 10.0. The molecule has 0 fully saturated rings. The molecule has 0 unspecified atom stereocenters. The van der Waals surface area contributed by atoms with Gasteiger partial charge in [0.2, 0.25) is 0 Å². The molecule has 3 aromatic heterocycles. The number of nitrogens with zero attached hydrogens (tertiary/aromatic N) is 3. The van der Waals surface area contributed by atoms with Crippen LogP contribution < -0.4 is 0 Å². The topological polar surface area (TPSA) is 22.8 Å². The highest BCUT2D eigenvalue weighted by molar-refractivity contribution is 6.28. The van der Waals surface area contributed by atoms with Crippen LogP contribution in [0.5, 0.6) is 0 Å². The van der Waals surface area contributed by atoms with E-state index >= 15 is 0 Å². The zero-order chi connectivity index (χ0) is 31.6. The average molecular weight is 612 g/mol. The zero-order valence-electron chi connectivity index (χ0n) is 26.1. The van der Waals surface area contributed by atoms with Crippen molar-refractivity contribution in [1.82, 2.24) is 14.1 Å². The van der Waals surface area contributed by atoms with Crippen molar-refractivity contribution in [2.75, 3.05) is 0 Å². The molecular weight excluding hydrogens is 583 g/mol. The van der Waals surface area contributed by atoms with Gasteiger partial charge < -0.3 is 9.13 Å². The van der Waals surface area contributed by atoms with Crippen molar-refractivity contribution in [1.29, 1.82) is 0 Å². The molecule has 3 heterocycles. The maximum atomic E-state index is 4.59. The fraction of sp³-hybridized carbons (Fsp3) is 0. The van der Waals surface area contributed by atoms with Gasteiger partial charge in [0, 0.05) is 50.1 Å². The monoisotopic (exact) mass is 611 g/mol. The summed E-state index contributed by atoms with van der Waals surface area (Å²) in [6, 6.07) is 61.2. The Balaban J connectivity index is 1.31. The van der Waals surface area contributed by atoms with Crippen molar-refractivity contribution < 1.29 is 0 Å². The number of hydrogen-bond donors (Lipinski definition) is 0. The lowest BCUT2D eigenvalue weighted by Crippen LogP contribution is -1.98. The molecule has 0 aliphatic carbocycles. The number of hydrogen-bond acceptors (Lipinski definition) is 1. The van der Waals surface area contributed by atoms with Crippen LogP contribution in [0.25, 0.3) is 88.1 Å². The first-order chi connectivity index (χ1) is 23.8. The number of rotatable bonds is 4. The SMILES string of the molecule is c1ccc(-c2ccc(-n3c4ccccc4c4ccc5ccc6c7ccccc7n(-c7ccc(-c8ccccn8)cc7)c6c5c43)cc2)cc1. The van der Waals surface area contributed by atoms with Gasteiger partial charge >= 0.3 is 0 Å². The summed E-state index contributed by atoms with van der Waals surface area (Å²) in [6.45, 7) is 0. The summed E-state index contributed by atoms with van der Waals surface area (Å²) in [6.07, 6.45) is 1.85. The molecule has 0 aliphatic rings. The van der Waals surface area contributed by atoms with E-state index in [2.05, 4.69) is 172 Å². The van der Waals surface area contributed by atoms with Gasteiger partial charge in [-0.3, -0.25) is 4.98 Å². The molecule has 10 rings (SSSR count). The Morgan fingerprint density at radius 1 is 0.354 bits per heavy atom. The smallest absolute Gasteiger partial charge is 0.0701 e. The van der Waals surface area contributed by atoms with E-state index < -0.39 is 0 Å². The van der Waals surface area contributed by atoms with Crippen LogP contribution in [0.1, 0.15) is 0 Å². The summed E-state index contributed by atoms with van der Waals surface area (Å²) in [4.78, 5) is 4.59. The van der Waals surface area contributed by atoms with E-state index in [1.165, 1.54) is 65.5 Å². The van der Waals surface area contributed by atoms with E-state index in [0.29, 0.717) is 0 Å². The molecule has 48 heavy (non-hydrogen) atoms. The van der Waals surface area contributed by atoms with Crippen LogP contribution in [0.4, 0.5) is 0 Å².